The summed E-state index contributed by atoms with van der Waals surface area (Å²) < 4.78 is 10.7. The lowest BCUT2D eigenvalue weighted by Gasteiger charge is -2.11. The molecule has 0 atom stereocenters. The molecule has 0 radical (unpaired) electrons. The summed E-state index contributed by atoms with van der Waals surface area (Å²) in [6.45, 7) is 0.218. The van der Waals surface area contributed by atoms with Crippen molar-refractivity contribution in [2.24, 2.45) is 0 Å². The van der Waals surface area contributed by atoms with E-state index in [4.69, 9.17) is 14.6 Å². The van der Waals surface area contributed by atoms with Crippen molar-refractivity contribution in [1.82, 2.24) is 4.98 Å². The summed E-state index contributed by atoms with van der Waals surface area (Å²) in [4.78, 5) is 14.8. The Morgan fingerprint density at radius 2 is 1.95 bits per heavy atom. The third kappa shape index (κ3) is 3.01. The van der Waals surface area contributed by atoms with Gasteiger partial charge in [0, 0.05) is 11.8 Å². The van der Waals surface area contributed by atoms with Gasteiger partial charge in [-0.2, -0.15) is 0 Å². The van der Waals surface area contributed by atoms with Gasteiger partial charge in [0.2, 0.25) is 0 Å². The van der Waals surface area contributed by atoms with E-state index in [0.29, 0.717) is 5.75 Å². The van der Waals surface area contributed by atoms with Gasteiger partial charge in [-0.15, -0.1) is 0 Å². The van der Waals surface area contributed by atoms with Crippen molar-refractivity contribution in [3.05, 3.63) is 53.9 Å². The van der Waals surface area contributed by atoms with Crippen LogP contribution in [0.1, 0.15) is 16.1 Å². The number of methoxy groups -OCH3 is 1. The third-order valence-electron chi connectivity index (χ3n) is 2.55. The molecule has 0 amide bonds. The number of carboxylic acids is 1. The second kappa shape index (κ2) is 5.86. The molecule has 1 aromatic carbocycles. The standard InChI is InChI=1S/C14H13NO4/c1-18-11-6-3-2-5-10(11)9-19-12-7-4-8-15-13(12)14(16)17/h2-8H,9H2,1H3,(H,16,17). The summed E-state index contributed by atoms with van der Waals surface area (Å²) in [7, 11) is 1.57. The molecule has 5 heteroatoms. The molecule has 1 N–H and O–H groups in total. The molecule has 2 rings (SSSR count). The average Bonchev–Trinajstić information content (AvgIpc) is 2.45. The van der Waals surface area contributed by atoms with Crippen LogP contribution in [0.5, 0.6) is 11.5 Å². The van der Waals surface area contributed by atoms with Crippen LogP contribution in [-0.4, -0.2) is 23.2 Å². The molecule has 1 aromatic heterocycles. The van der Waals surface area contributed by atoms with E-state index in [-0.39, 0.29) is 18.1 Å². The van der Waals surface area contributed by atoms with E-state index in [0.717, 1.165) is 5.56 Å². The van der Waals surface area contributed by atoms with E-state index in [2.05, 4.69) is 4.98 Å². The topological polar surface area (TPSA) is 68.7 Å². The SMILES string of the molecule is COc1ccccc1COc1cccnc1C(=O)O. The molecule has 0 bridgehead atoms. The van der Waals surface area contributed by atoms with Crippen LogP contribution in [-0.2, 0) is 6.61 Å². The molecule has 19 heavy (non-hydrogen) atoms. The maximum atomic E-state index is 11.0. The molecule has 0 aliphatic carbocycles. The predicted molar refractivity (Wildman–Crippen MR) is 68.5 cm³/mol. The lowest BCUT2D eigenvalue weighted by molar-refractivity contribution is 0.0685. The zero-order chi connectivity index (χ0) is 13.7. The van der Waals surface area contributed by atoms with Crippen LogP contribution in [0.25, 0.3) is 0 Å². The molecule has 0 fully saturated rings. The molecule has 2 aromatic rings. The molecule has 98 valence electrons. The number of nitrogens with zero attached hydrogens (tertiary/aromatic N) is 1. The zero-order valence-electron chi connectivity index (χ0n) is 10.4. The summed E-state index contributed by atoms with van der Waals surface area (Å²) in [5.41, 5.74) is 0.739. The van der Waals surface area contributed by atoms with Gasteiger partial charge in [-0.3, -0.25) is 0 Å². The first-order chi connectivity index (χ1) is 9.22. The number of pyridine rings is 1. The molecule has 5 nitrogen and oxygen atoms in total. The maximum Gasteiger partial charge on any atom is 0.358 e. The first kappa shape index (κ1) is 12.9. The normalized spacial score (nSPS) is 9.95. The molecule has 1 heterocycles. The van der Waals surface area contributed by atoms with E-state index in [1.54, 1.807) is 19.2 Å². The van der Waals surface area contributed by atoms with Crippen molar-refractivity contribution in [2.75, 3.05) is 7.11 Å². The van der Waals surface area contributed by atoms with Crippen LogP contribution in [0.15, 0.2) is 42.6 Å². The molecule has 0 spiro atoms. The molecular weight excluding hydrogens is 246 g/mol. The summed E-state index contributed by atoms with van der Waals surface area (Å²) >= 11 is 0. The van der Waals surface area contributed by atoms with Crippen LogP contribution < -0.4 is 9.47 Å². The summed E-state index contributed by atoms with van der Waals surface area (Å²) in [5, 5.41) is 9.00. The summed E-state index contributed by atoms with van der Waals surface area (Å²) in [5.74, 6) is -0.181. The van der Waals surface area contributed by atoms with Gasteiger partial charge in [0.1, 0.15) is 12.4 Å². The minimum atomic E-state index is -1.12. The van der Waals surface area contributed by atoms with Crippen molar-refractivity contribution >= 4 is 5.97 Å². The number of carboxylic acid groups (broad SMARTS) is 1. The zero-order valence-corrected chi connectivity index (χ0v) is 10.4. The highest BCUT2D eigenvalue weighted by Gasteiger charge is 2.12. The first-order valence-corrected chi connectivity index (χ1v) is 5.65. The monoisotopic (exact) mass is 259 g/mol. The lowest BCUT2D eigenvalue weighted by Crippen LogP contribution is -2.06. The molecule has 0 aliphatic heterocycles. The molecule has 0 aliphatic rings. The highest BCUT2D eigenvalue weighted by Crippen LogP contribution is 2.21. The van der Waals surface area contributed by atoms with Gasteiger partial charge in [0.25, 0.3) is 0 Å². The third-order valence-corrected chi connectivity index (χ3v) is 2.55. The molecule has 0 saturated carbocycles. The minimum Gasteiger partial charge on any atom is -0.496 e. The number of para-hydroxylation sites is 1. The van der Waals surface area contributed by atoms with Crippen molar-refractivity contribution < 1.29 is 19.4 Å². The lowest BCUT2D eigenvalue weighted by atomic mass is 10.2. The Bertz CT molecular complexity index is 583. The Hall–Kier alpha value is -2.56. The first-order valence-electron chi connectivity index (χ1n) is 5.65. The summed E-state index contributed by atoms with van der Waals surface area (Å²) in [6, 6.07) is 10.6. The number of ether oxygens (including phenoxy) is 2. The van der Waals surface area contributed by atoms with Crippen molar-refractivity contribution in [3.8, 4) is 11.5 Å². The molecule has 0 unspecified atom stereocenters. The van der Waals surface area contributed by atoms with Gasteiger partial charge >= 0.3 is 5.97 Å². The fourth-order valence-electron chi connectivity index (χ4n) is 1.65. The summed E-state index contributed by atoms with van der Waals surface area (Å²) in [6.07, 6.45) is 1.42. The van der Waals surface area contributed by atoms with Gasteiger partial charge in [0.15, 0.2) is 11.4 Å². The fourth-order valence-corrected chi connectivity index (χ4v) is 1.65. The Labute approximate surface area is 110 Å². The van der Waals surface area contributed by atoms with Crippen LogP contribution in [0.4, 0.5) is 0 Å². The molecule has 0 saturated heterocycles. The van der Waals surface area contributed by atoms with E-state index in [1.807, 2.05) is 24.3 Å². The fraction of sp³-hybridized carbons (Fsp3) is 0.143. The van der Waals surface area contributed by atoms with E-state index < -0.39 is 5.97 Å². The van der Waals surface area contributed by atoms with Crippen LogP contribution in [0.3, 0.4) is 0 Å². The quantitative estimate of drug-likeness (QED) is 0.892. The number of hydrogen-bond acceptors (Lipinski definition) is 4. The number of rotatable bonds is 5. The second-order valence-corrected chi connectivity index (χ2v) is 3.76. The van der Waals surface area contributed by atoms with Gasteiger partial charge in [0.05, 0.1) is 7.11 Å². The van der Waals surface area contributed by atoms with E-state index in [1.165, 1.54) is 6.20 Å². The Kier molecular flexibility index (Phi) is 3.97. The number of hydrogen-bond donors (Lipinski definition) is 1. The number of aromatic carboxylic acids is 1. The van der Waals surface area contributed by atoms with Gasteiger partial charge < -0.3 is 14.6 Å². The van der Waals surface area contributed by atoms with Gasteiger partial charge in [-0.25, -0.2) is 9.78 Å². The van der Waals surface area contributed by atoms with Crippen LogP contribution in [0, 0.1) is 0 Å². The van der Waals surface area contributed by atoms with E-state index in [9.17, 15) is 4.79 Å². The molecular formula is C14H13NO4. The number of carbonyl (C=O) groups is 1. The van der Waals surface area contributed by atoms with E-state index >= 15 is 0 Å². The highest BCUT2D eigenvalue weighted by molar-refractivity contribution is 5.88. The Morgan fingerprint density at radius 1 is 1.21 bits per heavy atom. The smallest absolute Gasteiger partial charge is 0.358 e. The Morgan fingerprint density at radius 3 is 2.68 bits per heavy atom. The van der Waals surface area contributed by atoms with Gasteiger partial charge in [-0.05, 0) is 18.2 Å². The number of aromatic nitrogens is 1. The largest absolute Gasteiger partial charge is 0.496 e. The van der Waals surface area contributed by atoms with Crippen LogP contribution in [0.2, 0.25) is 0 Å². The maximum absolute atomic E-state index is 11.0. The average molecular weight is 259 g/mol. The van der Waals surface area contributed by atoms with Crippen LogP contribution >= 0.6 is 0 Å². The van der Waals surface area contributed by atoms with Gasteiger partial charge in [-0.1, -0.05) is 18.2 Å². The predicted octanol–water partition coefficient (Wildman–Crippen LogP) is 2.37. The van der Waals surface area contributed by atoms with Crippen molar-refractivity contribution in [1.29, 1.82) is 0 Å². The minimum absolute atomic E-state index is 0.0996. The highest BCUT2D eigenvalue weighted by atomic mass is 16.5. The van der Waals surface area contributed by atoms with Crippen molar-refractivity contribution in [3.63, 3.8) is 0 Å². The second-order valence-electron chi connectivity index (χ2n) is 3.76. The number of benzene rings is 1. The van der Waals surface area contributed by atoms with Crippen molar-refractivity contribution in [2.45, 2.75) is 6.61 Å². The Balaban J connectivity index is 2.17.